The number of aryl methyl sites for hydroxylation is 1. The first-order valence-corrected chi connectivity index (χ1v) is 11.4. The molecule has 1 N–H and O–H groups in total. The molecule has 0 atom stereocenters. The summed E-state index contributed by atoms with van der Waals surface area (Å²) in [7, 11) is -3.96. The SMILES string of the molecule is Cc1ccc(S(=O)(=O)N(CC(=O)N/N=C\c2cccc([N+](=O)[O-])c2)Cc2ccccc2)cc1. The number of nitro benzene ring substituents is 1. The van der Waals surface area contributed by atoms with Gasteiger partial charge in [-0.1, -0.05) is 60.2 Å². The molecule has 0 saturated heterocycles. The second-order valence-corrected chi connectivity index (χ2v) is 9.15. The Kier molecular flexibility index (Phi) is 7.65. The predicted octanol–water partition coefficient (Wildman–Crippen LogP) is 3.24. The van der Waals surface area contributed by atoms with E-state index in [0.29, 0.717) is 5.56 Å². The highest BCUT2D eigenvalue weighted by Gasteiger charge is 2.26. The fourth-order valence-electron chi connectivity index (χ4n) is 2.97. The van der Waals surface area contributed by atoms with Crippen molar-refractivity contribution < 1.29 is 18.1 Å². The Labute approximate surface area is 191 Å². The average Bonchev–Trinajstić information content (AvgIpc) is 2.80. The van der Waals surface area contributed by atoms with E-state index in [1.165, 1.54) is 36.5 Å². The summed E-state index contributed by atoms with van der Waals surface area (Å²) in [6, 6.07) is 21.1. The average molecular weight is 467 g/mol. The molecule has 33 heavy (non-hydrogen) atoms. The molecule has 3 rings (SSSR count). The molecule has 1 amide bonds. The lowest BCUT2D eigenvalue weighted by molar-refractivity contribution is -0.384. The van der Waals surface area contributed by atoms with Crippen LogP contribution in [0.5, 0.6) is 0 Å². The maximum Gasteiger partial charge on any atom is 0.270 e. The van der Waals surface area contributed by atoms with Gasteiger partial charge >= 0.3 is 0 Å². The van der Waals surface area contributed by atoms with Gasteiger partial charge in [-0.2, -0.15) is 9.41 Å². The van der Waals surface area contributed by atoms with Gasteiger partial charge in [-0.15, -0.1) is 0 Å². The number of nitrogens with zero attached hydrogens (tertiary/aromatic N) is 3. The molecule has 0 aromatic heterocycles. The highest BCUT2D eigenvalue weighted by Crippen LogP contribution is 2.19. The van der Waals surface area contributed by atoms with Gasteiger partial charge in [-0.3, -0.25) is 14.9 Å². The molecule has 0 aliphatic rings. The molecule has 0 spiro atoms. The number of non-ortho nitro benzene ring substituents is 1. The molecule has 0 aliphatic carbocycles. The number of nitro groups is 1. The van der Waals surface area contributed by atoms with Crippen molar-refractivity contribution in [3.05, 3.63) is 106 Å². The number of benzene rings is 3. The van der Waals surface area contributed by atoms with Crippen molar-refractivity contribution in [2.45, 2.75) is 18.4 Å². The van der Waals surface area contributed by atoms with Crippen LogP contribution in [0.25, 0.3) is 0 Å². The number of nitrogens with one attached hydrogen (secondary N) is 1. The quantitative estimate of drug-likeness (QED) is 0.295. The fourth-order valence-corrected chi connectivity index (χ4v) is 4.35. The number of carbonyl (C=O) groups excluding carboxylic acids is 1. The molecule has 10 heteroatoms. The molecular weight excluding hydrogens is 444 g/mol. The van der Waals surface area contributed by atoms with E-state index in [4.69, 9.17) is 0 Å². The number of amides is 1. The van der Waals surface area contributed by atoms with Crippen LogP contribution in [0.4, 0.5) is 5.69 Å². The molecule has 0 unspecified atom stereocenters. The van der Waals surface area contributed by atoms with Crippen molar-refractivity contribution in [1.82, 2.24) is 9.73 Å². The molecule has 9 nitrogen and oxygen atoms in total. The minimum atomic E-state index is -3.96. The van der Waals surface area contributed by atoms with Gasteiger partial charge in [-0.25, -0.2) is 13.8 Å². The molecule has 0 heterocycles. The van der Waals surface area contributed by atoms with E-state index in [1.54, 1.807) is 42.5 Å². The first-order valence-electron chi connectivity index (χ1n) is 9.93. The van der Waals surface area contributed by atoms with Gasteiger partial charge in [0, 0.05) is 24.2 Å². The highest BCUT2D eigenvalue weighted by atomic mass is 32.2. The van der Waals surface area contributed by atoms with E-state index >= 15 is 0 Å². The molecule has 0 aliphatic heterocycles. The second-order valence-electron chi connectivity index (χ2n) is 7.22. The smallest absolute Gasteiger partial charge is 0.270 e. The Balaban J connectivity index is 1.76. The van der Waals surface area contributed by atoms with E-state index in [1.807, 2.05) is 13.0 Å². The molecule has 170 valence electrons. The molecule has 3 aromatic rings. The van der Waals surface area contributed by atoms with Gasteiger partial charge in [0.05, 0.1) is 22.6 Å². The van der Waals surface area contributed by atoms with E-state index in [2.05, 4.69) is 10.5 Å². The predicted molar refractivity (Wildman–Crippen MR) is 124 cm³/mol. The molecule has 0 fully saturated rings. The zero-order valence-corrected chi connectivity index (χ0v) is 18.6. The van der Waals surface area contributed by atoms with Crippen LogP contribution in [0.15, 0.2) is 88.9 Å². The van der Waals surface area contributed by atoms with Crippen molar-refractivity contribution in [3.63, 3.8) is 0 Å². The second kappa shape index (κ2) is 10.6. The van der Waals surface area contributed by atoms with Crippen molar-refractivity contribution in [3.8, 4) is 0 Å². The van der Waals surface area contributed by atoms with Crippen LogP contribution < -0.4 is 5.43 Å². The van der Waals surface area contributed by atoms with Crippen molar-refractivity contribution >= 4 is 27.8 Å². The van der Waals surface area contributed by atoms with Gasteiger partial charge in [0.1, 0.15) is 0 Å². The number of rotatable bonds is 9. The first-order chi connectivity index (χ1) is 15.8. The summed E-state index contributed by atoms with van der Waals surface area (Å²) in [4.78, 5) is 22.9. The van der Waals surface area contributed by atoms with Crippen LogP contribution in [-0.2, 0) is 21.4 Å². The number of hydrogen-bond acceptors (Lipinski definition) is 6. The Morgan fingerprint density at radius 1 is 1.06 bits per heavy atom. The molecule has 3 aromatic carbocycles. The minimum absolute atomic E-state index is 0.000929. The monoisotopic (exact) mass is 466 g/mol. The summed E-state index contributed by atoms with van der Waals surface area (Å²) in [6.45, 7) is 1.39. The maximum atomic E-state index is 13.2. The van der Waals surface area contributed by atoms with Crippen molar-refractivity contribution in [2.75, 3.05) is 6.54 Å². The van der Waals surface area contributed by atoms with Gasteiger partial charge < -0.3 is 0 Å². The minimum Gasteiger partial charge on any atom is -0.272 e. The summed E-state index contributed by atoms with van der Waals surface area (Å²) in [5, 5.41) is 14.7. The van der Waals surface area contributed by atoms with Crippen LogP contribution in [0, 0.1) is 17.0 Å². The van der Waals surface area contributed by atoms with Crippen LogP contribution in [-0.4, -0.2) is 36.3 Å². The topological polar surface area (TPSA) is 122 Å². The summed E-state index contributed by atoms with van der Waals surface area (Å²) < 4.78 is 27.5. The van der Waals surface area contributed by atoms with Crippen molar-refractivity contribution in [2.24, 2.45) is 5.10 Å². The lowest BCUT2D eigenvalue weighted by atomic mass is 10.2. The van der Waals surface area contributed by atoms with Gasteiger partial charge in [0.15, 0.2) is 0 Å². The summed E-state index contributed by atoms with van der Waals surface area (Å²) in [6.07, 6.45) is 1.25. The number of sulfonamides is 1. The summed E-state index contributed by atoms with van der Waals surface area (Å²) in [5.41, 5.74) is 4.23. The third kappa shape index (κ3) is 6.55. The third-order valence-electron chi connectivity index (χ3n) is 4.66. The van der Waals surface area contributed by atoms with Crippen LogP contribution in [0.1, 0.15) is 16.7 Å². The zero-order valence-electron chi connectivity index (χ0n) is 17.8. The molecule has 0 saturated carbocycles. The van der Waals surface area contributed by atoms with Crippen molar-refractivity contribution in [1.29, 1.82) is 0 Å². The largest absolute Gasteiger partial charge is 0.272 e. The number of carbonyl (C=O) groups is 1. The maximum absolute atomic E-state index is 13.2. The summed E-state index contributed by atoms with van der Waals surface area (Å²) >= 11 is 0. The van der Waals surface area contributed by atoms with E-state index in [9.17, 15) is 23.3 Å². The zero-order chi connectivity index (χ0) is 23.8. The first kappa shape index (κ1) is 23.8. The molecule has 0 radical (unpaired) electrons. The van der Waals surface area contributed by atoms with Gasteiger partial charge in [0.2, 0.25) is 10.0 Å². The Hall–Kier alpha value is -3.89. The highest BCUT2D eigenvalue weighted by molar-refractivity contribution is 7.89. The van der Waals surface area contributed by atoms with E-state index < -0.39 is 27.4 Å². The Morgan fingerprint density at radius 3 is 2.42 bits per heavy atom. The molecular formula is C23H22N4O5S. The molecule has 0 bridgehead atoms. The Bertz CT molecular complexity index is 1260. The van der Waals surface area contributed by atoms with E-state index in [-0.39, 0.29) is 17.1 Å². The number of hydrazone groups is 1. The lowest BCUT2D eigenvalue weighted by Gasteiger charge is -2.21. The number of hydrogen-bond donors (Lipinski definition) is 1. The fraction of sp³-hybridized carbons (Fsp3) is 0.130. The standard InChI is InChI=1S/C23H22N4O5S/c1-18-10-12-22(13-11-18)33(31,32)26(16-19-6-3-2-4-7-19)17-23(28)25-24-15-20-8-5-9-21(14-20)27(29)30/h2-15H,16-17H2,1H3,(H,25,28)/b24-15-. The van der Waals surface area contributed by atoms with Gasteiger partial charge in [0.25, 0.3) is 11.6 Å². The van der Waals surface area contributed by atoms with Crippen LogP contribution in [0.2, 0.25) is 0 Å². The third-order valence-corrected chi connectivity index (χ3v) is 6.47. The summed E-state index contributed by atoms with van der Waals surface area (Å²) in [5.74, 6) is -0.650. The van der Waals surface area contributed by atoms with Gasteiger partial charge in [-0.05, 0) is 24.6 Å². The Morgan fingerprint density at radius 2 is 1.76 bits per heavy atom. The van der Waals surface area contributed by atoms with E-state index in [0.717, 1.165) is 15.4 Å². The van der Waals surface area contributed by atoms with Crippen LogP contribution >= 0.6 is 0 Å². The normalized spacial score (nSPS) is 11.6. The van der Waals surface area contributed by atoms with Crippen LogP contribution in [0.3, 0.4) is 0 Å². The lowest BCUT2D eigenvalue weighted by Crippen LogP contribution is -2.39.